The van der Waals surface area contributed by atoms with Crippen molar-refractivity contribution >= 4 is 28.1 Å². The van der Waals surface area contributed by atoms with E-state index < -0.39 is 17.6 Å². The maximum Gasteiger partial charge on any atom is 0.418 e. The van der Waals surface area contributed by atoms with Crippen molar-refractivity contribution in [2.75, 3.05) is 24.1 Å². The van der Waals surface area contributed by atoms with Gasteiger partial charge in [-0.1, -0.05) is 19.1 Å². The molecule has 9 heteroatoms. The highest BCUT2D eigenvalue weighted by Crippen LogP contribution is 2.34. The molecule has 0 radical (unpaired) electrons. The number of rotatable bonds is 6. The maximum absolute atomic E-state index is 12.9. The zero-order valence-corrected chi connectivity index (χ0v) is 13.7. The third-order valence-corrected chi connectivity index (χ3v) is 4.08. The Morgan fingerprint density at radius 2 is 2.08 bits per heavy atom. The number of nitrogens with one attached hydrogen (secondary N) is 1. The largest absolute Gasteiger partial charge is 0.418 e. The van der Waals surface area contributed by atoms with Gasteiger partial charge in [-0.3, -0.25) is 9.69 Å². The van der Waals surface area contributed by atoms with Crippen molar-refractivity contribution in [2.45, 2.75) is 19.6 Å². The molecular formula is C15H17F3N4OS. The highest BCUT2D eigenvalue weighted by atomic mass is 32.1. The first-order chi connectivity index (χ1) is 11.3. The third kappa shape index (κ3) is 4.93. The van der Waals surface area contributed by atoms with Gasteiger partial charge in [0.15, 0.2) is 5.13 Å². The number of halogens is 3. The first kappa shape index (κ1) is 18.2. The van der Waals surface area contributed by atoms with Crippen molar-refractivity contribution in [1.29, 1.82) is 0 Å². The predicted octanol–water partition coefficient (Wildman–Crippen LogP) is 3.20. The Morgan fingerprint density at radius 1 is 1.38 bits per heavy atom. The SMILES string of the molecule is CCN(CC(=O)Nc1ccccc1C(F)(F)F)Cc1cnc(N)s1. The molecule has 0 saturated carbocycles. The monoisotopic (exact) mass is 358 g/mol. The topological polar surface area (TPSA) is 71.2 Å². The number of carbonyl (C=O) groups excluding carboxylic acids is 1. The summed E-state index contributed by atoms with van der Waals surface area (Å²) >= 11 is 1.31. The number of hydrogen-bond donors (Lipinski definition) is 2. The molecule has 0 aliphatic rings. The van der Waals surface area contributed by atoms with Gasteiger partial charge in [0, 0.05) is 17.6 Å². The van der Waals surface area contributed by atoms with E-state index in [4.69, 9.17) is 5.73 Å². The number of likely N-dealkylation sites (N-methyl/N-ethyl adjacent to an activating group) is 1. The fraction of sp³-hybridized carbons (Fsp3) is 0.333. The van der Waals surface area contributed by atoms with Crippen molar-refractivity contribution in [2.24, 2.45) is 0 Å². The van der Waals surface area contributed by atoms with Gasteiger partial charge in [0.25, 0.3) is 0 Å². The summed E-state index contributed by atoms with van der Waals surface area (Å²) in [7, 11) is 0. The second-order valence-corrected chi connectivity index (χ2v) is 6.21. The summed E-state index contributed by atoms with van der Waals surface area (Å²) < 4.78 is 38.8. The van der Waals surface area contributed by atoms with Crippen LogP contribution < -0.4 is 11.1 Å². The number of carbonyl (C=O) groups is 1. The molecule has 0 spiro atoms. The number of aromatic nitrogens is 1. The van der Waals surface area contributed by atoms with Gasteiger partial charge >= 0.3 is 6.18 Å². The molecule has 1 amide bonds. The van der Waals surface area contributed by atoms with Gasteiger partial charge in [-0.2, -0.15) is 13.2 Å². The summed E-state index contributed by atoms with van der Waals surface area (Å²) in [6.45, 7) is 2.85. The van der Waals surface area contributed by atoms with Crippen LogP contribution in [0.2, 0.25) is 0 Å². The van der Waals surface area contributed by atoms with Gasteiger partial charge in [0.2, 0.25) is 5.91 Å². The molecule has 2 rings (SSSR count). The zero-order chi connectivity index (χ0) is 17.7. The molecule has 24 heavy (non-hydrogen) atoms. The number of para-hydroxylation sites is 1. The van der Waals surface area contributed by atoms with Crippen LogP contribution in [0.4, 0.5) is 24.0 Å². The lowest BCUT2D eigenvalue weighted by Gasteiger charge is -2.20. The number of amides is 1. The van der Waals surface area contributed by atoms with E-state index in [1.165, 1.54) is 29.5 Å². The number of anilines is 2. The molecule has 0 aliphatic heterocycles. The molecule has 0 unspecified atom stereocenters. The van der Waals surface area contributed by atoms with Gasteiger partial charge in [0.1, 0.15) is 0 Å². The Morgan fingerprint density at radius 3 is 2.67 bits per heavy atom. The van der Waals surface area contributed by atoms with Crippen LogP contribution in [0.3, 0.4) is 0 Å². The number of nitrogens with zero attached hydrogens (tertiary/aromatic N) is 2. The molecule has 0 bridgehead atoms. The fourth-order valence-corrected chi connectivity index (χ4v) is 2.85. The van der Waals surface area contributed by atoms with Gasteiger partial charge in [-0.05, 0) is 18.7 Å². The molecule has 0 atom stereocenters. The average Bonchev–Trinajstić information content (AvgIpc) is 2.91. The van der Waals surface area contributed by atoms with E-state index in [-0.39, 0.29) is 12.2 Å². The minimum absolute atomic E-state index is 0.0273. The molecule has 0 saturated heterocycles. The highest BCUT2D eigenvalue weighted by molar-refractivity contribution is 7.15. The van der Waals surface area contributed by atoms with Crippen LogP contribution in [-0.2, 0) is 17.5 Å². The van der Waals surface area contributed by atoms with E-state index in [2.05, 4.69) is 10.3 Å². The Kier molecular flexibility index (Phi) is 5.79. The van der Waals surface area contributed by atoms with Crippen LogP contribution in [0.1, 0.15) is 17.4 Å². The fourth-order valence-electron chi connectivity index (χ4n) is 2.13. The van der Waals surface area contributed by atoms with Crippen LogP contribution in [0.15, 0.2) is 30.5 Å². The third-order valence-electron chi connectivity index (χ3n) is 3.27. The summed E-state index contributed by atoms with van der Waals surface area (Å²) in [6, 6.07) is 4.90. The lowest BCUT2D eigenvalue weighted by atomic mass is 10.1. The van der Waals surface area contributed by atoms with Crippen LogP contribution in [-0.4, -0.2) is 28.9 Å². The first-order valence-electron chi connectivity index (χ1n) is 7.18. The second-order valence-electron chi connectivity index (χ2n) is 5.06. The van der Waals surface area contributed by atoms with Gasteiger partial charge in [-0.15, -0.1) is 11.3 Å². The standard InChI is InChI=1S/C15H17F3N4OS/c1-2-22(8-10-7-20-14(19)24-10)9-13(23)21-12-6-4-3-5-11(12)15(16,17)18/h3-7H,2,8-9H2,1H3,(H2,19,20)(H,21,23). The van der Waals surface area contributed by atoms with Crippen LogP contribution in [0.25, 0.3) is 0 Å². The van der Waals surface area contributed by atoms with E-state index in [1.54, 1.807) is 11.1 Å². The summed E-state index contributed by atoms with van der Waals surface area (Å²) in [5.41, 5.74) is 4.45. The number of thiazole rings is 1. The minimum Gasteiger partial charge on any atom is -0.375 e. The van der Waals surface area contributed by atoms with Gasteiger partial charge in [0.05, 0.1) is 17.8 Å². The summed E-state index contributed by atoms with van der Waals surface area (Å²) in [5, 5.41) is 2.77. The number of nitrogen functional groups attached to an aromatic ring is 1. The van der Waals surface area contributed by atoms with E-state index >= 15 is 0 Å². The second kappa shape index (κ2) is 7.63. The van der Waals surface area contributed by atoms with Gasteiger partial charge < -0.3 is 11.1 Å². The van der Waals surface area contributed by atoms with E-state index in [0.717, 1.165) is 10.9 Å². The summed E-state index contributed by atoms with van der Waals surface area (Å²) in [6.07, 6.45) is -2.89. The molecule has 2 aromatic rings. The molecule has 130 valence electrons. The molecule has 1 aromatic heterocycles. The lowest BCUT2D eigenvalue weighted by Crippen LogP contribution is -2.33. The molecule has 3 N–H and O–H groups in total. The van der Waals surface area contributed by atoms with E-state index in [9.17, 15) is 18.0 Å². The van der Waals surface area contributed by atoms with Crippen molar-refractivity contribution < 1.29 is 18.0 Å². The Balaban J connectivity index is 2.02. The van der Waals surface area contributed by atoms with Crippen molar-refractivity contribution in [1.82, 2.24) is 9.88 Å². The molecule has 5 nitrogen and oxygen atoms in total. The van der Waals surface area contributed by atoms with Crippen LogP contribution in [0, 0.1) is 0 Å². The molecule has 1 aromatic carbocycles. The number of hydrogen-bond acceptors (Lipinski definition) is 5. The van der Waals surface area contributed by atoms with Gasteiger partial charge in [-0.25, -0.2) is 4.98 Å². The number of nitrogens with two attached hydrogens (primary N) is 1. The maximum atomic E-state index is 12.9. The molecular weight excluding hydrogens is 341 g/mol. The first-order valence-corrected chi connectivity index (χ1v) is 8.00. The van der Waals surface area contributed by atoms with Crippen molar-refractivity contribution in [3.8, 4) is 0 Å². The Bertz CT molecular complexity index is 702. The van der Waals surface area contributed by atoms with Crippen LogP contribution in [0.5, 0.6) is 0 Å². The Hall–Kier alpha value is -2.13. The smallest absolute Gasteiger partial charge is 0.375 e. The minimum atomic E-state index is -4.52. The predicted molar refractivity (Wildman–Crippen MR) is 87.6 cm³/mol. The van der Waals surface area contributed by atoms with Crippen molar-refractivity contribution in [3.63, 3.8) is 0 Å². The normalized spacial score (nSPS) is 11.7. The van der Waals surface area contributed by atoms with E-state index in [1.807, 2.05) is 6.92 Å². The van der Waals surface area contributed by atoms with Crippen molar-refractivity contribution in [3.05, 3.63) is 40.9 Å². The molecule has 0 aliphatic carbocycles. The Labute approximate surface area is 141 Å². The average molecular weight is 358 g/mol. The molecule has 0 fully saturated rings. The lowest BCUT2D eigenvalue weighted by molar-refractivity contribution is -0.137. The zero-order valence-electron chi connectivity index (χ0n) is 12.9. The molecule has 1 heterocycles. The summed E-state index contributed by atoms with van der Waals surface area (Å²) in [4.78, 5) is 18.7. The van der Waals surface area contributed by atoms with Crippen LogP contribution >= 0.6 is 11.3 Å². The quantitative estimate of drug-likeness (QED) is 0.832. The number of benzene rings is 1. The number of alkyl halides is 3. The highest BCUT2D eigenvalue weighted by Gasteiger charge is 2.33. The summed E-state index contributed by atoms with van der Waals surface area (Å²) in [5.74, 6) is -0.508. The van der Waals surface area contributed by atoms with E-state index in [0.29, 0.717) is 18.2 Å².